The molecule has 138 valence electrons. The van der Waals surface area contributed by atoms with E-state index in [0.717, 1.165) is 38.3 Å². The molecular weight excluding hydrogens is 332 g/mol. The predicted octanol–water partition coefficient (Wildman–Crippen LogP) is 1.49. The number of hydrogen-bond acceptors (Lipinski definition) is 7. The molecule has 2 unspecified atom stereocenters. The van der Waals surface area contributed by atoms with Crippen molar-refractivity contribution in [2.45, 2.75) is 32.7 Å². The van der Waals surface area contributed by atoms with Crippen molar-refractivity contribution in [3.05, 3.63) is 34.2 Å². The van der Waals surface area contributed by atoms with Gasteiger partial charge in [-0.15, -0.1) is 0 Å². The van der Waals surface area contributed by atoms with Crippen LogP contribution >= 0.6 is 0 Å². The molecule has 2 aromatic heterocycles. The summed E-state index contributed by atoms with van der Waals surface area (Å²) in [7, 11) is 0. The third-order valence-electron chi connectivity index (χ3n) is 4.97. The van der Waals surface area contributed by atoms with E-state index in [0.29, 0.717) is 36.3 Å². The molecular formula is C18H24N6O2. The molecule has 4 rings (SSSR count). The topological polar surface area (TPSA) is 85.2 Å². The normalized spacial score (nSPS) is 21.2. The smallest absolute Gasteiger partial charge is 0.323 e. The second kappa shape index (κ2) is 6.93. The molecule has 1 N–H and O–H groups in total. The van der Waals surface area contributed by atoms with Crippen LogP contribution < -0.4 is 20.5 Å². The van der Waals surface area contributed by atoms with E-state index in [1.807, 2.05) is 24.5 Å². The van der Waals surface area contributed by atoms with Crippen LogP contribution in [-0.4, -0.2) is 45.8 Å². The Balaban J connectivity index is 1.65. The maximum absolute atomic E-state index is 12.2. The van der Waals surface area contributed by atoms with Gasteiger partial charge in [0.25, 0.3) is 5.56 Å². The van der Waals surface area contributed by atoms with Crippen molar-refractivity contribution in [2.24, 2.45) is 5.92 Å². The van der Waals surface area contributed by atoms with E-state index < -0.39 is 0 Å². The Bertz CT molecular complexity index is 828. The summed E-state index contributed by atoms with van der Waals surface area (Å²) in [5, 5.41) is 3.14. The molecule has 2 bridgehead atoms. The van der Waals surface area contributed by atoms with Gasteiger partial charge in [-0.05, 0) is 32.3 Å². The zero-order valence-corrected chi connectivity index (χ0v) is 15.2. The Morgan fingerprint density at radius 1 is 1.19 bits per heavy atom. The zero-order valence-electron chi connectivity index (χ0n) is 15.2. The minimum atomic E-state index is 0.0962. The van der Waals surface area contributed by atoms with Gasteiger partial charge in [-0.3, -0.25) is 4.79 Å². The monoisotopic (exact) mass is 356 g/mol. The lowest BCUT2D eigenvalue weighted by molar-refractivity contribution is 0.277. The third-order valence-corrected chi connectivity index (χ3v) is 4.97. The molecule has 26 heavy (non-hydrogen) atoms. The Morgan fingerprint density at radius 3 is 2.88 bits per heavy atom. The van der Waals surface area contributed by atoms with Gasteiger partial charge in [-0.2, -0.15) is 15.0 Å². The van der Waals surface area contributed by atoms with Crippen LogP contribution in [0.2, 0.25) is 0 Å². The molecule has 8 nitrogen and oxygen atoms in total. The molecule has 2 aliphatic rings. The van der Waals surface area contributed by atoms with Crippen LogP contribution in [0.3, 0.4) is 0 Å². The van der Waals surface area contributed by atoms with Crippen LogP contribution in [0.1, 0.15) is 31.9 Å². The lowest BCUT2D eigenvalue weighted by Gasteiger charge is -2.42. The average molecular weight is 356 g/mol. The van der Waals surface area contributed by atoms with Crippen LogP contribution in [0.15, 0.2) is 23.0 Å². The summed E-state index contributed by atoms with van der Waals surface area (Å²) in [4.78, 5) is 27.7. The first-order chi connectivity index (χ1) is 12.7. The number of rotatable bonds is 5. The molecule has 0 radical (unpaired) electrons. The highest BCUT2D eigenvalue weighted by Crippen LogP contribution is 2.36. The molecule has 2 aliphatic heterocycles. The molecule has 0 saturated carbocycles. The van der Waals surface area contributed by atoms with Crippen LogP contribution in [0.25, 0.3) is 0 Å². The highest BCUT2D eigenvalue weighted by molar-refractivity contribution is 5.40. The van der Waals surface area contributed by atoms with E-state index >= 15 is 0 Å². The fourth-order valence-corrected chi connectivity index (χ4v) is 3.98. The quantitative estimate of drug-likeness (QED) is 0.869. The van der Waals surface area contributed by atoms with Crippen molar-refractivity contribution in [3.8, 4) is 6.01 Å². The fraction of sp³-hybridized carbons (Fsp3) is 0.556. The van der Waals surface area contributed by atoms with Gasteiger partial charge >= 0.3 is 6.01 Å². The molecule has 2 atom stereocenters. The minimum absolute atomic E-state index is 0.0962. The summed E-state index contributed by atoms with van der Waals surface area (Å²) in [6.45, 7) is 7.54. The number of pyridine rings is 1. The van der Waals surface area contributed by atoms with Gasteiger partial charge in [-0.25, -0.2) is 0 Å². The Hall–Kier alpha value is -2.64. The maximum Gasteiger partial charge on any atom is 0.323 e. The lowest BCUT2D eigenvalue weighted by Crippen LogP contribution is -2.47. The number of hydrogen-bond donors (Lipinski definition) is 1. The Labute approximate surface area is 152 Å². The van der Waals surface area contributed by atoms with E-state index in [4.69, 9.17) is 4.74 Å². The van der Waals surface area contributed by atoms with Crippen molar-refractivity contribution in [1.29, 1.82) is 0 Å². The van der Waals surface area contributed by atoms with E-state index in [1.165, 1.54) is 0 Å². The van der Waals surface area contributed by atoms with Gasteiger partial charge < -0.3 is 19.5 Å². The van der Waals surface area contributed by atoms with E-state index in [2.05, 4.69) is 31.2 Å². The largest absolute Gasteiger partial charge is 0.464 e. The fourth-order valence-electron chi connectivity index (χ4n) is 3.98. The van der Waals surface area contributed by atoms with Crippen LogP contribution in [0, 0.1) is 5.92 Å². The van der Waals surface area contributed by atoms with Gasteiger partial charge in [0, 0.05) is 43.9 Å². The number of ether oxygens (including phenoxy) is 1. The molecule has 0 aromatic carbocycles. The Morgan fingerprint density at radius 2 is 2.08 bits per heavy atom. The predicted molar refractivity (Wildman–Crippen MR) is 98.9 cm³/mol. The number of nitrogens with zero attached hydrogens (tertiary/aromatic N) is 5. The second-order valence-corrected chi connectivity index (χ2v) is 6.81. The molecule has 1 saturated heterocycles. The summed E-state index contributed by atoms with van der Waals surface area (Å²) in [6, 6.07) is 5.91. The highest BCUT2D eigenvalue weighted by atomic mass is 16.5. The van der Waals surface area contributed by atoms with Gasteiger partial charge in [-0.1, -0.05) is 6.07 Å². The molecule has 1 fully saturated rings. The first-order valence-corrected chi connectivity index (χ1v) is 9.25. The van der Waals surface area contributed by atoms with E-state index in [1.54, 1.807) is 6.07 Å². The van der Waals surface area contributed by atoms with Gasteiger partial charge in [0.1, 0.15) is 0 Å². The summed E-state index contributed by atoms with van der Waals surface area (Å²) in [5.74, 6) is 1.90. The minimum Gasteiger partial charge on any atom is -0.464 e. The lowest BCUT2D eigenvalue weighted by atomic mass is 9.83. The number of fused-ring (bicyclic) bond motifs is 4. The van der Waals surface area contributed by atoms with Gasteiger partial charge in [0.05, 0.1) is 6.61 Å². The van der Waals surface area contributed by atoms with Crippen LogP contribution in [-0.2, 0) is 6.54 Å². The van der Waals surface area contributed by atoms with Crippen LogP contribution in [0.4, 0.5) is 11.9 Å². The summed E-state index contributed by atoms with van der Waals surface area (Å²) < 4.78 is 7.45. The molecule has 2 aromatic rings. The van der Waals surface area contributed by atoms with E-state index in [9.17, 15) is 4.79 Å². The summed E-state index contributed by atoms with van der Waals surface area (Å²) >= 11 is 0. The molecule has 8 heteroatoms. The standard InChI is InChI=1S/C18H24N6O2/c1-3-19-16-20-17(22-18(21-16)26-4-2)23-9-12-8-13(11-23)14-6-5-7-15(25)24(14)10-12/h5-7,12-13H,3-4,8-11H2,1-2H3,(H,19,20,21,22). The molecule has 0 spiro atoms. The molecule has 4 heterocycles. The molecule has 0 amide bonds. The van der Waals surface area contributed by atoms with E-state index in [-0.39, 0.29) is 5.56 Å². The number of piperidine rings is 1. The number of nitrogens with one attached hydrogen (secondary N) is 1. The maximum atomic E-state index is 12.2. The van der Waals surface area contributed by atoms with Gasteiger partial charge in [0.15, 0.2) is 0 Å². The highest BCUT2D eigenvalue weighted by Gasteiger charge is 2.35. The third kappa shape index (κ3) is 3.11. The second-order valence-electron chi connectivity index (χ2n) is 6.81. The summed E-state index contributed by atoms with van der Waals surface area (Å²) in [6.07, 6.45) is 1.10. The number of anilines is 2. The van der Waals surface area contributed by atoms with Crippen molar-refractivity contribution in [3.63, 3.8) is 0 Å². The van der Waals surface area contributed by atoms with Crippen molar-refractivity contribution >= 4 is 11.9 Å². The first kappa shape index (κ1) is 16.8. The van der Waals surface area contributed by atoms with Gasteiger partial charge in [0.2, 0.25) is 11.9 Å². The average Bonchev–Trinajstić information content (AvgIpc) is 2.63. The first-order valence-electron chi connectivity index (χ1n) is 9.25. The van der Waals surface area contributed by atoms with Crippen molar-refractivity contribution in [2.75, 3.05) is 36.5 Å². The van der Waals surface area contributed by atoms with Crippen molar-refractivity contribution in [1.82, 2.24) is 19.5 Å². The number of aromatic nitrogens is 4. The Kier molecular flexibility index (Phi) is 4.48. The van der Waals surface area contributed by atoms with Crippen LogP contribution in [0.5, 0.6) is 6.01 Å². The molecule has 0 aliphatic carbocycles. The van der Waals surface area contributed by atoms with Crippen molar-refractivity contribution < 1.29 is 4.74 Å². The summed E-state index contributed by atoms with van der Waals surface area (Å²) in [5.41, 5.74) is 1.21. The zero-order chi connectivity index (χ0) is 18.1. The SMILES string of the molecule is CCNc1nc(OCC)nc(N2CC3CC(C2)c2cccc(=O)n2C3)n1.